The Morgan fingerprint density at radius 2 is 1.90 bits per heavy atom. The summed E-state index contributed by atoms with van der Waals surface area (Å²) in [6.07, 6.45) is 3.34. The van der Waals surface area contributed by atoms with Gasteiger partial charge in [-0.15, -0.1) is 0 Å². The second-order valence-electron chi connectivity index (χ2n) is 6.93. The van der Waals surface area contributed by atoms with Crippen LogP contribution in [0.3, 0.4) is 0 Å². The number of hydrogen-bond acceptors (Lipinski definition) is 7. The number of aromatic nitrogens is 3. The van der Waals surface area contributed by atoms with Crippen LogP contribution >= 0.6 is 0 Å². The van der Waals surface area contributed by atoms with Crippen molar-refractivity contribution in [3.63, 3.8) is 0 Å². The van der Waals surface area contributed by atoms with Gasteiger partial charge in [0.05, 0.1) is 12.3 Å². The molecule has 1 atom stereocenters. The van der Waals surface area contributed by atoms with Crippen LogP contribution in [0.5, 0.6) is 11.6 Å². The van der Waals surface area contributed by atoms with Gasteiger partial charge in [-0.2, -0.15) is 0 Å². The van der Waals surface area contributed by atoms with Crippen LogP contribution < -0.4 is 14.8 Å². The Morgan fingerprint density at radius 3 is 2.72 bits per heavy atom. The van der Waals surface area contributed by atoms with Crippen LogP contribution in [0, 0.1) is 0 Å². The second-order valence-corrected chi connectivity index (χ2v) is 6.93. The normalized spacial score (nSPS) is 13.7. The van der Waals surface area contributed by atoms with E-state index < -0.39 is 0 Å². The molecule has 0 bridgehead atoms. The van der Waals surface area contributed by atoms with Crippen molar-refractivity contribution in [2.75, 3.05) is 32.2 Å². The van der Waals surface area contributed by atoms with Crippen LogP contribution in [-0.2, 0) is 11.3 Å². The minimum atomic E-state index is 0.195. The molecular weight excluding hydrogens is 368 g/mol. The molecule has 1 aliphatic heterocycles. The molecule has 1 aliphatic rings. The summed E-state index contributed by atoms with van der Waals surface area (Å²) in [5.74, 6) is 2.29. The average molecular weight is 392 g/mol. The summed E-state index contributed by atoms with van der Waals surface area (Å²) < 4.78 is 16.5. The molecule has 3 aromatic rings. The highest BCUT2D eigenvalue weighted by Gasteiger charge is 2.20. The van der Waals surface area contributed by atoms with Gasteiger partial charge in [-0.3, -0.25) is 0 Å². The third kappa shape index (κ3) is 4.46. The van der Waals surface area contributed by atoms with Gasteiger partial charge >= 0.3 is 0 Å². The van der Waals surface area contributed by atoms with Crippen LogP contribution in [0.15, 0.2) is 48.9 Å². The van der Waals surface area contributed by atoms with Gasteiger partial charge in [0.15, 0.2) is 5.75 Å². The molecule has 29 heavy (non-hydrogen) atoms. The maximum atomic E-state index is 5.78. The Hall–Kier alpha value is -3.19. The Labute approximate surface area is 170 Å². The van der Waals surface area contributed by atoms with Crippen molar-refractivity contribution in [3.8, 4) is 22.9 Å². The minimum absolute atomic E-state index is 0.195. The largest absolute Gasteiger partial charge is 0.484 e. The van der Waals surface area contributed by atoms with Crippen molar-refractivity contribution >= 4 is 5.82 Å². The van der Waals surface area contributed by atoms with Crippen molar-refractivity contribution in [3.05, 3.63) is 60.0 Å². The third-order valence-corrected chi connectivity index (χ3v) is 4.82. The van der Waals surface area contributed by atoms with Gasteiger partial charge in [-0.05, 0) is 11.6 Å². The average Bonchev–Trinajstić information content (AvgIpc) is 2.78. The SMILES string of the molecule is COCc1ccc(-c2cc(NC[C@@H](C)c3ccnc4c3OCCO4)ncn2)cc1. The van der Waals surface area contributed by atoms with Gasteiger partial charge in [0.1, 0.15) is 25.4 Å². The number of nitrogens with one attached hydrogen (secondary N) is 1. The predicted octanol–water partition coefficient (Wildman–Crippen LogP) is 3.67. The van der Waals surface area contributed by atoms with Gasteiger partial charge < -0.3 is 19.5 Å². The van der Waals surface area contributed by atoms with E-state index in [1.54, 1.807) is 19.6 Å². The molecule has 1 N–H and O–H groups in total. The topological polar surface area (TPSA) is 78.4 Å². The van der Waals surface area contributed by atoms with Crippen molar-refractivity contribution in [1.29, 1.82) is 0 Å². The van der Waals surface area contributed by atoms with Gasteiger partial charge in [0, 0.05) is 43.0 Å². The van der Waals surface area contributed by atoms with E-state index in [0.717, 1.165) is 34.0 Å². The van der Waals surface area contributed by atoms with Crippen LogP contribution in [0.1, 0.15) is 24.0 Å². The number of ether oxygens (including phenoxy) is 3. The number of benzene rings is 1. The van der Waals surface area contributed by atoms with E-state index in [0.29, 0.717) is 32.2 Å². The quantitative estimate of drug-likeness (QED) is 0.657. The molecule has 0 fully saturated rings. The smallest absolute Gasteiger partial charge is 0.257 e. The third-order valence-electron chi connectivity index (χ3n) is 4.82. The van der Waals surface area contributed by atoms with Crippen molar-refractivity contribution in [2.24, 2.45) is 0 Å². The first-order valence-electron chi connectivity index (χ1n) is 9.63. The molecule has 0 radical (unpaired) electrons. The molecule has 7 heteroatoms. The maximum absolute atomic E-state index is 5.78. The Bertz CT molecular complexity index is 963. The lowest BCUT2D eigenvalue weighted by Gasteiger charge is -2.22. The van der Waals surface area contributed by atoms with Gasteiger partial charge in [0.2, 0.25) is 0 Å². The Kier molecular flexibility index (Phi) is 5.86. The maximum Gasteiger partial charge on any atom is 0.257 e. The molecule has 0 saturated carbocycles. The Morgan fingerprint density at radius 1 is 1.07 bits per heavy atom. The summed E-state index contributed by atoms with van der Waals surface area (Å²) in [5.41, 5.74) is 4.11. The molecule has 2 aromatic heterocycles. The summed E-state index contributed by atoms with van der Waals surface area (Å²) >= 11 is 0. The number of nitrogens with zero attached hydrogens (tertiary/aromatic N) is 3. The molecular formula is C22H24N4O3. The molecule has 0 saturated heterocycles. The van der Waals surface area contributed by atoms with E-state index in [-0.39, 0.29) is 5.92 Å². The summed E-state index contributed by atoms with van der Waals surface area (Å²) in [5, 5.41) is 3.40. The van der Waals surface area contributed by atoms with Crippen molar-refractivity contribution in [1.82, 2.24) is 15.0 Å². The fraction of sp³-hybridized carbons (Fsp3) is 0.318. The molecule has 0 spiro atoms. The lowest BCUT2D eigenvalue weighted by atomic mass is 10.0. The van der Waals surface area contributed by atoms with Gasteiger partial charge in [-0.1, -0.05) is 31.2 Å². The van der Waals surface area contributed by atoms with E-state index in [1.165, 1.54) is 0 Å². The lowest BCUT2D eigenvalue weighted by molar-refractivity contribution is 0.162. The van der Waals surface area contributed by atoms with E-state index in [1.807, 2.05) is 36.4 Å². The van der Waals surface area contributed by atoms with Crippen LogP contribution in [0.25, 0.3) is 11.3 Å². The van der Waals surface area contributed by atoms with Crippen LogP contribution in [-0.4, -0.2) is 41.8 Å². The summed E-state index contributed by atoms with van der Waals surface area (Å²) in [6.45, 7) is 4.51. The zero-order valence-electron chi connectivity index (χ0n) is 16.6. The number of methoxy groups -OCH3 is 1. The van der Waals surface area contributed by atoms with E-state index in [9.17, 15) is 0 Å². The molecule has 1 aromatic carbocycles. The van der Waals surface area contributed by atoms with Crippen LogP contribution in [0.4, 0.5) is 5.82 Å². The predicted molar refractivity (Wildman–Crippen MR) is 110 cm³/mol. The lowest BCUT2D eigenvalue weighted by Crippen LogP contribution is -2.19. The molecule has 150 valence electrons. The molecule has 7 nitrogen and oxygen atoms in total. The zero-order chi connectivity index (χ0) is 20.1. The van der Waals surface area contributed by atoms with E-state index >= 15 is 0 Å². The van der Waals surface area contributed by atoms with E-state index in [4.69, 9.17) is 14.2 Å². The number of anilines is 1. The first-order valence-corrected chi connectivity index (χ1v) is 9.63. The fourth-order valence-electron chi connectivity index (χ4n) is 3.28. The van der Waals surface area contributed by atoms with Crippen molar-refractivity contribution in [2.45, 2.75) is 19.4 Å². The minimum Gasteiger partial charge on any atom is -0.484 e. The molecule has 4 rings (SSSR count). The molecule has 0 amide bonds. The number of pyridine rings is 1. The number of rotatable bonds is 7. The number of hydrogen-bond donors (Lipinski definition) is 1. The standard InChI is InChI=1S/C22H24N4O3/c1-15(18-7-8-23-22-21(18)28-9-10-29-22)12-24-20-11-19(25-14-26-20)17-5-3-16(4-6-17)13-27-2/h3-8,11,14-15H,9-10,12-13H2,1-2H3,(H,24,25,26)/t15-/m1/s1. The fourth-order valence-corrected chi connectivity index (χ4v) is 3.28. The zero-order valence-corrected chi connectivity index (χ0v) is 16.6. The molecule has 3 heterocycles. The highest BCUT2D eigenvalue weighted by Crippen LogP contribution is 2.35. The Balaban J connectivity index is 1.45. The van der Waals surface area contributed by atoms with Crippen LogP contribution in [0.2, 0.25) is 0 Å². The second kappa shape index (κ2) is 8.87. The molecule has 0 aliphatic carbocycles. The highest BCUT2D eigenvalue weighted by molar-refractivity contribution is 5.62. The van der Waals surface area contributed by atoms with E-state index in [2.05, 4.69) is 27.2 Å². The first kappa shape index (κ1) is 19.1. The van der Waals surface area contributed by atoms with Gasteiger partial charge in [0.25, 0.3) is 5.88 Å². The number of fused-ring (bicyclic) bond motifs is 1. The summed E-state index contributed by atoms with van der Waals surface area (Å²) in [4.78, 5) is 13.0. The first-order chi connectivity index (χ1) is 14.2. The van der Waals surface area contributed by atoms with Gasteiger partial charge in [-0.25, -0.2) is 15.0 Å². The molecule has 0 unspecified atom stereocenters. The van der Waals surface area contributed by atoms with Crippen molar-refractivity contribution < 1.29 is 14.2 Å². The summed E-state index contributed by atoms with van der Waals surface area (Å²) in [7, 11) is 1.69. The highest BCUT2D eigenvalue weighted by atomic mass is 16.6. The monoisotopic (exact) mass is 392 g/mol. The summed E-state index contributed by atoms with van der Waals surface area (Å²) in [6, 6.07) is 12.1.